The molecule has 0 aliphatic heterocycles. The summed E-state index contributed by atoms with van der Waals surface area (Å²) in [7, 11) is 1.50. The van der Waals surface area contributed by atoms with Gasteiger partial charge in [-0.2, -0.15) is 0 Å². The zero-order valence-corrected chi connectivity index (χ0v) is 13.0. The maximum Gasteiger partial charge on any atom is 0.220 e. The summed E-state index contributed by atoms with van der Waals surface area (Å²) < 4.78 is 5.14. The molecule has 8 heteroatoms. The molecule has 1 amide bonds. The maximum atomic E-state index is 11.5. The third kappa shape index (κ3) is 4.03. The average Bonchev–Trinajstić information content (AvgIpc) is 2.91. The molecule has 0 aliphatic rings. The molecule has 8 nitrogen and oxygen atoms in total. The van der Waals surface area contributed by atoms with Gasteiger partial charge in [0.1, 0.15) is 5.75 Å². The number of aromatic amines is 1. The molecule has 0 spiro atoms. The average molecular weight is 332 g/mol. The standard InChI is InChI=1S/C16H18N2O6/c1-24-9-2-3-12-11(8-9)10(15(18-12)16(22)23)6-7-17-13(19)4-5-14(20)21/h2-3,8,18H,4-7H2,1H3,(H,17,19)(H,20,21)(H,22,23)/p-2. The van der Waals surface area contributed by atoms with Crippen LogP contribution in [0.2, 0.25) is 0 Å². The van der Waals surface area contributed by atoms with Gasteiger partial charge in [-0.1, -0.05) is 0 Å². The van der Waals surface area contributed by atoms with Crippen LogP contribution in [-0.2, 0) is 16.0 Å². The number of amides is 1. The molecule has 0 radical (unpaired) electrons. The van der Waals surface area contributed by atoms with Crippen molar-refractivity contribution in [3.8, 4) is 5.75 Å². The summed E-state index contributed by atoms with van der Waals surface area (Å²) in [5.74, 6) is -2.51. The SMILES string of the molecule is COc1ccc2[nH]c(C(=O)[O-])c(CCNC(=O)CCC(=O)[O-])c2c1. The number of H-pyrrole nitrogens is 1. The fourth-order valence-corrected chi connectivity index (χ4v) is 2.42. The molecule has 2 rings (SSSR count). The summed E-state index contributed by atoms with van der Waals surface area (Å²) in [6, 6.07) is 5.09. The molecular formula is C16H16N2O6-2. The Balaban J connectivity index is 2.14. The van der Waals surface area contributed by atoms with Crippen LogP contribution >= 0.6 is 0 Å². The van der Waals surface area contributed by atoms with Gasteiger partial charge in [-0.25, -0.2) is 0 Å². The van der Waals surface area contributed by atoms with E-state index >= 15 is 0 Å². The number of aliphatic carboxylic acids is 1. The molecule has 0 saturated heterocycles. The van der Waals surface area contributed by atoms with E-state index in [-0.39, 0.29) is 31.5 Å². The van der Waals surface area contributed by atoms with Crippen LogP contribution in [-0.4, -0.2) is 36.5 Å². The number of benzene rings is 1. The van der Waals surface area contributed by atoms with Gasteiger partial charge in [0.15, 0.2) is 0 Å². The van der Waals surface area contributed by atoms with Gasteiger partial charge in [-0.05, 0) is 36.6 Å². The lowest BCUT2D eigenvalue weighted by Crippen LogP contribution is -2.29. The predicted molar refractivity (Wildman–Crippen MR) is 80.1 cm³/mol. The summed E-state index contributed by atoms with van der Waals surface area (Å²) >= 11 is 0. The zero-order chi connectivity index (χ0) is 17.7. The van der Waals surface area contributed by atoms with E-state index in [0.29, 0.717) is 22.2 Å². The van der Waals surface area contributed by atoms with E-state index in [2.05, 4.69) is 10.3 Å². The highest BCUT2D eigenvalue weighted by atomic mass is 16.5. The largest absolute Gasteiger partial charge is 0.550 e. The molecule has 0 fully saturated rings. The molecule has 24 heavy (non-hydrogen) atoms. The minimum Gasteiger partial charge on any atom is -0.550 e. The van der Waals surface area contributed by atoms with Crippen molar-refractivity contribution < 1.29 is 29.3 Å². The van der Waals surface area contributed by atoms with Crippen LogP contribution in [0.5, 0.6) is 5.75 Å². The Morgan fingerprint density at radius 3 is 2.58 bits per heavy atom. The van der Waals surface area contributed by atoms with Gasteiger partial charge in [-0.3, -0.25) is 4.79 Å². The number of aromatic carboxylic acids is 1. The Morgan fingerprint density at radius 1 is 1.21 bits per heavy atom. The van der Waals surface area contributed by atoms with E-state index in [4.69, 9.17) is 4.74 Å². The maximum absolute atomic E-state index is 11.5. The van der Waals surface area contributed by atoms with Crippen LogP contribution in [0, 0.1) is 0 Å². The molecule has 2 N–H and O–H groups in total. The highest BCUT2D eigenvalue weighted by Gasteiger charge is 2.13. The molecule has 1 heterocycles. The molecule has 0 atom stereocenters. The molecular weight excluding hydrogens is 316 g/mol. The topological polar surface area (TPSA) is 134 Å². The molecule has 2 aromatic rings. The smallest absolute Gasteiger partial charge is 0.220 e. The lowest BCUT2D eigenvalue weighted by atomic mass is 10.1. The monoisotopic (exact) mass is 332 g/mol. The molecule has 1 aromatic carbocycles. The quantitative estimate of drug-likeness (QED) is 0.619. The number of hydrogen-bond acceptors (Lipinski definition) is 6. The van der Waals surface area contributed by atoms with Crippen LogP contribution in [0.1, 0.15) is 28.9 Å². The van der Waals surface area contributed by atoms with Crippen LogP contribution in [0.15, 0.2) is 18.2 Å². The van der Waals surface area contributed by atoms with Gasteiger partial charge in [0.2, 0.25) is 5.91 Å². The van der Waals surface area contributed by atoms with Gasteiger partial charge in [0, 0.05) is 29.8 Å². The normalized spacial score (nSPS) is 10.5. The van der Waals surface area contributed by atoms with E-state index in [1.54, 1.807) is 18.2 Å². The molecule has 0 bridgehead atoms. The van der Waals surface area contributed by atoms with E-state index in [1.807, 2.05) is 0 Å². The summed E-state index contributed by atoms with van der Waals surface area (Å²) in [6.45, 7) is 0.163. The third-order valence-electron chi connectivity index (χ3n) is 3.57. The van der Waals surface area contributed by atoms with Crippen molar-refractivity contribution in [2.75, 3.05) is 13.7 Å². The first-order valence-electron chi connectivity index (χ1n) is 7.29. The van der Waals surface area contributed by atoms with Crippen molar-refractivity contribution in [2.45, 2.75) is 19.3 Å². The zero-order valence-electron chi connectivity index (χ0n) is 13.0. The van der Waals surface area contributed by atoms with Gasteiger partial charge in [0.25, 0.3) is 0 Å². The second-order valence-corrected chi connectivity index (χ2v) is 5.15. The van der Waals surface area contributed by atoms with Crippen molar-refractivity contribution >= 4 is 28.7 Å². The Labute approximate surface area is 137 Å². The number of carboxylic acids is 2. The second kappa shape index (κ2) is 7.49. The fourth-order valence-electron chi connectivity index (χ4n) is 2.42. The lowest BCUT2D eigenvalue weighted by Gasteiger charge is -2.08. The van der Waals surface area contributed by atoms with Crippen LogP contribution in [0.4, 0.5) is 0 Å². The molecule has 0 aliphatic carbocycles. The summed E-state index contributed by atoms with van der Waals surface area (Å²) in [5.41, 5.74) is 1.06. The highest BCUT2D eigenvalue weighted by Crippen LogP contribution is 2.26. The number of nitrogens with one attached hydrogen (secondary N) is 2. The van der Waals surface area contributed by atoms with Crippen molar-refractivity contribution in [2.24, 2.45) is 0 Å². The molecule has 0 unspecified atom stereocenters. The first kappa shape index (κ1) is 17.3. The number of carbonyl (C=O) groups is 3. The predicted octanol–water partition coefficient (Wildman–Crippen LogP) is -1.27. The Kier molecular flexibility index (Phi) is 5.41. The van der Waals surface area contributed by atoms with Gasteiger partial charge < -0.3 is 34.8 Å². The molecule has 0 saturated carbocycles. The minimum absolute atomic E-state index is 0.0535. The van der Waals surface area contributed by atoms with Gasteiger partial charge >= 0.3 is 0 Å². The van der Waals surface area contributed by atoms with Crippen molar-refractivity contribution in [1.29, 1.82) is 0 Å². The van der Waals surface area contributed by atoms with E-state index < -0.39 is 17.8 Å². The Hall–Kier alpha value is -3.03. The van der Waals surface area contributed by atoms with E-state index in [9.17, 15) is 24.6 Å². The summed E-state index contributed by atoms with van der Waals surface area (Å²) in [4.78, 5) is 35.9. The summed E-state index contributed by atoms with van der Waals surface area (Å²) in [5, 5.41) is 24.8. The number of carboxylic acid groups (broad SMARTS) is 2. The lowest BCUT2D eigenvalue weighted by molar-refractivity contribution is -0.305. The van der Waals surface area contributed by atoms with Crippen molar-refractivity contribution in [1.82, 2.24) is 10.3 Å². The number of methoxy groups -OCH3 is 1. The first-order chi connectivity index (χ1) is 11.4. The number of fused-ring (bicyclic) bond motifs is 1. The van der Waals surface area contributed by atoms with E-state index in [0.717, 1.165) is 0 Å². The number of rotatable bonds is 8. The van der Waals surface area contributed by atoms with Crippen molar-refractivity contribution in [3.63, 3.8) is 0 Å². The summed E-state index contributed by atoms with van der Waals surface area (Å²) in [6.07, 6.45) is -0.300. The number of aromatic nitrogens is 1. The number of ether oxygens (including phenoxy) is 1. The van der Waals surface area contributed by atoms with Crippen LogP contribution in [0.3, 0.4) is 0 Å². The minimum atomic E-state index is -1.34. The van der Waals surface area contributed by atoms with E-state index in [1.165, 1.54) is 7.11 Å². The second-order valence-electron chi connectivity index (χ2n) is 5.15. The third-order valence-corrected chi connectivity index (χ3v) is 3.57. The first-order valence-corrected chi connectivity index (χ1v) is 7.29. The highest BCUT2D eigenvalue weighted by molar-refractivity contribution is 5.97. The van der Waals surface area contributed by atoms with Gasteiger partial charge in [-0.15, -0.1) is 0 Å². The Bertz CT molecular complexity index is 780. The molecule has 128 valence electrons. The Morgan fingerprint density at radius 2 is 1.96 bits per heavy atom. The molecule has 1 aromatic heterocycles. The van der Waals surface area contributed by atoms with Crippen molar-refractivity contribution in [3.05, 3.63) is 29.5 Å². The van der Waals surface area contributed by atoms with Gasteiger partial charge in [0.05, 0.1) is 18.8 Å². The number of hydrogen-bond donors (Lipinski definition) is 2. The van der Waals surface area contributed by atoms with Crippen LogP contribution < -0.4 is 20.3 Å². The number of carbonyl (C=O) groups excluding carboxylic acids is 3. The van der Waals surface area contributed by atoms with Crippen LogP contribution in [0.25, 0.3) is 10.9 Å². The fraction of sp³-hybridized carbons (Fsp3) is 0.312.